The van der Waals surface area contributed by atoms with Crippen LogP contribution in [0.15, 0.2) is 48.0 Å². The molecular formula is C20H19N3O5. The van der Waals surface area contributed by atoms with Crippen molar-refractivity contribution in [1.29, 1.82) is 5.26 Å². The molecule has 0 aromatic heterocycles. The molecule has 8 heteroatoms. The van der Waals surface area contributed by atoms with Gasteiger partial charge in [-0.2, -0.15) is 5.26 Å². The number of nitriles is 1. The highest BCUT2D eigenvalue weighted by Gasteiger charge is 2.21. The maximum Gasteiger partial charge on any atom is 0.280 e. The zero-order valence-electron chi connectivity index (χ0n) is 15.6. The first kappa shape index (κ1) is 20.5. The Balaban J connectivity index is 2.39. The molecule has 0 aliphatic carbocycles. The van der Waals surface area contributed by atoms with Crippen LogP contribution in [0, 0.1) is 21.4 Å². The molecule has 2 aromatic carbocycles. The highest BCUT2D eigenvalue weighted by molar-refractivity contribution is 6.02. The van der Waals surface area contributed by atoms with Crippen molar-refractivity contribution in [2.45, 2.75) is 13.0 Å². The van der Waals surface area contributed by atoms with Crippen molar-refractivity contribution in [3.8, 4) is 17.6 Å². The second kappa shape index (κ2) is 9.19. The molecule has 28 heavy (non-hydrogen) atoms. The lowest BCUT2D eigenvalue weighted by Crippen LogP contribution is -2.27. The number of amides is 1. The summed E-state index contributed by atoms with van der Waals surface area (Å²) in [5.41, 5.74) is 0.347. The van der Waals surface area contributed by atoms with Crippen LogP contribution in [0.4, 0.5) is 5.69 Å². The first-order chi connectivity index (χ1) is 13.4. The molecule has 0 saturated heterocycles. The van der Waals surface area contributed by atoms with Crippen LogP contribution in [0.1, 0.15) is 24.1 Å². The van der Waals surface area contributed by atoms with Crippen LogP contribution in [0.25, 0.3) is 6.08 Å². The number of nitrogens with one attached hydrogen (secondary N) is 1. The second-order valence-electron chi connectivity index (χ2n) is 5.80. The van der Waals surface area contributed by atoms with Gasteiger partial charge in [-0.15, -0.1) is 0 Å². The molecule has 1 N–H and O–H groups in total. The zero-order chi connectivity index (χ0) is 20.7. The van der Waals surface area contributed by atoms with Gasteiger partial charge in [0.05, 0.1) is 36.8 Å². The molecule has 0 fully saturated rings. The minimum absolute atomic E-state index is 0.0571. The van der Waals surface area contributed by atoms with E-state index in [1.165, 1.54) is 26.4 Å². The summed E-state index contributed by atoms with van der Waals surface area (Å²) >= 11 is 0. The van der Waals surface area contributed by atoms with E-state index < -0.39 is 10.8 Å². The van der Waals surface area contributed by atoms with Gasteiger partial charge in [0.25, 0.3) is 11.6 Å². The molecule has 0 saturated carbocycles. The molecule has 0 bridgehead atoms. The lowest BCUT2D eigenvalue weighted by Gasteiger charge is -2.14. The highest BCUT2D eigenvalue weighted by Crippen LogP contribution is 2.35. The van der Waals surface area contributed by atoms with Gasteiger partial charge in [-0.25, -0.2) is 0 Å². The number of benzene rings is 2. The average molecular weight is 381 g/mol. The summed E-state index contributed by atoms with van der Waals surface area (Å²) in [6.07, 6.45) is 1.16. The van der Waals surface area contributed by atoms with Crippen LogP contribution < -0.4 is 14.8 Å². The predicted molar refractivity (Wildman–Crippen MR) is 103 cm³/mol. The number of carbonyl (C=O) groups excluding carboxylic acids is 1. The predicted octanol–water partition coefficient (Wildman–Crippen LogP) is 3.40. The van der Waals surface area contributed by atoms with Gasteiger partial charge in [0.15, 0.2) is 11.5 Å². The van der Waals surface area contributed by atoms with Gasteiger partial charge in [-0.05, 0) is 24.6 Å². The van der Waals surface area contributed by atoms with Crippen molar-refractivity contribution in [2.75, 3.05) is 14.2 Å². The minimum atomic E-state index is -0.636. The molecule has 1 atom stereocenters. The lowest BCUT2D eigenvalue weighted by molar-refractivity contribution is -0.385. The summed E-state index contributed by atoms with van der Waals surface area (Å²) < 4.78 is 10.2. The third-order valence-corrected chi connectivity index (χ3v) is 4.04. The van der Waals surface area contributed by atoms with Gasteiger partial charge in [0.1, 0.15) is 11.6 Å². The van der Waals surface area contributed by atoms with E-state index in [1.54, 1.807) is 13.0 Å². The second-order valence-corrected chi connectivity index (χ2v) is 5.80. The smallest absolute Gasteiger partial charge is 0.280 e. The van der Waals surface area contributed by atoms with Crippen molar-refractivity contribution in [3.05, 3.63) is 69.3 Å². The molecule has 0 aliphatic rings. The summed E-state index contributed by atoms with van der Waals surface area (Å²) in [4.78, 5) is 23.3. The normalized spacial score (nSPS) is 11.9. The molecule has 0 spiro atoms. The molecule has 8 nitrogen and oxygen atoms in total. The molecule has 0 aliphatic heterocycles. The number of hydrogen-bond donors (Lipinski definition) is 1. The van der Waals surface area contributed by atoms with Gasteiger partial charge in [-0.3, -0.25) is 14.9 Å². The molecule has 0 unspecified atom stereocenters. The van der Waals surface area contributed by atoms with Crippen molar-refractivity contribution in [3.63, 3.8) is 0 Å². The maximum atomic E-state index is 12.5. The van der Waals surface area contributed by atoms with E-state index in [9.17, 15) is 20.2 Å². The number of nitrogens with zero attached hydrogens (tertiary/aromatic N) is 2. The van der Waals surface area contributed by atoms with E-state index >= 15 is 0 Å². The Morgan fingerprint density at radius 3 is 2.36 bits per heavy atom. The lowest BCUT2D eigenvalue weighted by atomic mass is 10.1. The third-order valence-electron chi connectivity index (χ3n) is 4.04. The van der Waals surface area contributed by atoms with E-state index in [-0.39, 0.29) is 34.4 Å². The quantitative estimate of drug-likeness (QED) is 0.340. The number of ether oxygens (including phenoxy) is 2. The van der Waals surface area contributed by atoms with Gasteiger partial charge >= 0.3 is 0 Å². The van der Waals surface area contributed by atoms with Crippen LogP contribution in [0.3, 0.4) is 0 Å². The Labute approximate surface area is 162 Å². The molecule has 0 heterocycles. The number of carbonyl (C=O) groups is 1. The molecular weight excluding hydrogens is 362 g/mol. The van der Waals surface area contributed by atoms with Crippen LogP contribution in [0.2, 0.25) is 0 Å². The minimum Gasteiger partial charge on any atom is -0.493 e. The fourth-order valence-electron chi connectivity index (χ4n) is 2.56. The molecule has 0 radical (unpaired) electrons. The number of nitro benzene ring substituents is 1. The van der Waals surface area contributed by atoms with Crippen LogP contribution in [0.5, 0.6) is 11.5 Å². The van der Waals surface area contributed by atoms with E-state index in [2.05, 4.69) is 5.32 Å². The molecule has 2 rings (SSSR count). The van der Waals surface area contributed by atoms with E-state index in [4.69, 9.17) is 9.47 Å². The van der Waals surface area contributed by atoms with E-state index in [0.717, 1.165) is 11.6 Å². The monoisotopic (exact) mass is 381 g/mol. The number of methoxy groups -OCH3 is 2. The largest absolute Gasteiger partial charge is 0.493 e. The van der Waals surface area contributed by atoms with Crippen LogP contribution in [-0.4, -0.2) is 25.1 Å². The molecule has 1 amide bonds. The fraction of sp³-hybridized carbons (Fsp3) is 0.200. The van der Waals surface area contributed by atoms with Gasteiger partial charge in [-0.1, -0.05) is 30.3 Å². The Bertz CT molecular complexity index is 948. The van der Waals surface area contributed by atoms with E-state index in [0.29, 0.717) is 0 Å². The Morgan fingerprint density at radius 1 is 1.21 bits per heavy atom. The summed E-state index contributed by atoms with van der Waals surface area (Å²) in [6, 6.07) is 13.2. The number of nitro groups is 1. The summed E-state index contributed by atoms with van der Waals surface area (Å²) in [6.45, 7) is 1.78. The average Bonchev–Trinajstić information content (AvgIpc) is 2.71. The van der Waals surface area contributed by atoms with Crippen LogP contribution >= 0.6 is 0 Å². The Morgan fingerprint density at radius 2 is 1.82 bits per heavy atom. The first-order valence-electron chi connectivity index (χ1n) is 8.29. The summed E-state index contributed by atoms with van der Waals surface area (Å²) in [5, 5.41) is 23.5. The molecule has 144 valence electrons. The number of hydrogen-bond acceptors (Lipinski definition) is 6. The summed E-state index contributed by atoms with van der Waals surface area (Å²) in [5.74, 6) is -0.218. The van der Waals surface area contributed by atoms with Crippen molar-refractivity contribution in [1.82, 2.24) is 5.32 Å². The SMILES string of the molecule is COc1cc(/C=C(/C#N)C(=O)N[C@@H](C)c2ccccc2)c([N+](=O)[O-])cc1OC. The third kappa shape index (κ3) is 4.65. The van der Waals surface area contributed by atoms with Crippen molar-refractivity contribution < 1.29 is 19.2 Å². The fourth-order valence-corrected chi connectivity index (χ4v) is 2.56. The van der Waals surface area contributed by atoms with Gasteiger partial charge < -0.3 is 14.8 Å². The first-order valence-corrected chi connectivity index (χ1v) is 8.29. The van der Waals surface area contributed by atoms with Crippen molar-refractivity contribution >= 4 is 17.7 Å². The topological polar surface area (TPSA) is 114 Å². The molecule has 2 aromatic rings. The number of rotatable bonds is 7. The Kier molecular flexibility index (Phi) is 6.71. The highest BCUT2D eigenvalue weighted by atomic mass is 16.6. The standard InChI is InChI=1S/C20H19N3O5/c1-13(14-7-5-4-6-8-14)22-20(24)16(12-21)9-15-10-18(27-2)19(28-3)11-17(15)23(25)26/h4-11,13H,1-3H3,(H,22,24)/b16-9-/t13-/m0/s1. The van der Waals surface area contributed by atoms with Crippen molar-refractivity contribution in [2.24, 2.45) is 0 Å². The zero-order valence-corrected chi connectivity index (χ0v) is 15.6. The summed E-state index contributed by atoms with van der Waals surface area (Å²) in [7, 11) is 2.74. The maximum absolute atomic E-state index is 12.5. The van der Waals surface area contributed by atoms with Gasteiger partial charge in [0.2, 0.25) is 0 Å². The van der Waals surface area contributed by atoms with E-state index in [1.807, 2.05) is 30.3 Å². The van der Waals surface area contributed by atoms with Gasteiger partial charge in [0, 0.05) is 0 Å². The Hall–Kier alpha value is -3.86. The van der Waals surface area contributed by atoms with Crippen LogP contribution in [-0.2, 0) is 4.79 Å².